The van der Waals surface area contributed by atoms with Crippen LogP contribution in [-0.2, 0) is 0 Å². The lowest BCUT2D eigenvalue weighted by Gasteiger charge is -2.23. The van der Waals surface area contributed by atoms with E-state index in [2.05, 4.69) is 9.56 Å². The van der Waals surface area contributed by atoms with Crippen molar-refractivity contribution in [3.05, 3.63) is 74.6 Å². The molecular formula is C23H24FN3O2S. The topological polar surface area (TPSA) is 60.4 Å². The average molecular weight is 426 g/mol. The van der Waals surface area contributed by atoms with Gasteiger partial charge in [-0.2, -0.15) is 0 Å². The second-order valence-electron chi connectivity index (χ2n) is 7.64. The fourth-order valence-corrected chi connectivity index (χ4v) is 5.04. The number of hydrogen-bond donors (Lipinski definition) is 0. The molecule has 0 unspecified atom stereocenters. The SMILES string of the molecule is O=[N+]([O-])c1ccc(-c2csc(=Nc3ccccc3F)n2C2CCCCCCC2)cc1. The van der Waals surface area contributed by atoms with Crippen molar-refractivity contribution in [3.63, 3.8) is 0 Å². The molecule has 0 radical (unpaired) electrons. The zero-order valence-electron chi connectivity index (χ0n) is 16.7. The molecule has 0 N–H and O–H groups in total. The zero-order chi connectivity index (χ0) is 20.9. The van der Waals surface area contributed by atoms with E-state index < -0.39 is 0 Å². The van der Waals surface area contributed by atoms with Crippen molar-refractivity contribution in [3.8, 4) is 11.3 Å². The van der Waals surface area contributed by atoms with E-state index in [1.54, 1.807) is 30.3 Å². The van der Waals surface area contributed by atoms with Gasteiger partial charge in [0.25, 0.3) is 5.69 Å². The van der Waals surface area contributed by atoms with Crippen molar-refractivity contribution in [2.24, 2.45) is 4.99 Å². The van der Waals surface area contributed by atoms with Gasteiger partial charge < -0.3 is 4.57 Å². The van der Waals surface area contributed by atoms with Gasteiger partial charge in [0.05, 0.1) is 10.6 Å². The molecule has 0 amide bonds. The maximum atomic E-state index is 14.3. The molecule has 1 heterocycles. The quantitative estimate of drug-likeness (QED) is 0.342. The normalized spacial score (nSPS) is 16.2. The molecule has 5 nitrogen and oxygen atoms in total. The molecule has 0 spiro atoms. The highest BCUT2D eigenvalue weighted by Gasteiger charge is 2.20. The molecule has 2 aromatic carbocycles. The number of nitro groups is 1. The maximum absolute atomic E-state index is 14.3. The van der Waals surface area contributed by atoms with Crippen LogP contribution in [0.15, 0.2) is 58.9 Å². The number of halogens is 1. The van der Waals surface area contributed by atoms with E-state index in [9.17, 15) is 14.5 Å². The minimum atomic E-state index is -0.390. The highest BCUT2D eigenvalue weighted by Crippen LogP contribution is 2.32. The van der Waals surface area contributed by atoms with Crippen molar-refractivity contribution in [2.45, 2.75) is 51.0 Å². The van der Waals surface area contributed by atoms with Crippen molar-refractivity contribution in [2.75, 3.05) is 0 Å². The van der Waals surface area contributed by atoms with Crippen LogP contribution in [-0.4, -0.2) is 9.49 Å². The monoisotopic (exact) mass is 425 g/mol. The molecule has 0 atom stereocenters. The van der Waals surface area contributed by atoms with Crippen LogP contribution in [0, 0.1) is 15.9 Å². The predicted octanol–water partition coefficient (Wildman–Crippen LogP) is 6.78. The number of hydrogen-bond acceptors (Lipinski definition) is 4. The summed E-state index contributed by atoms with van der Waals surface area (Å²) in [7, 11) is 0. The van der Waals surface area contributed by atoms with Crippen LogP contribution >= 0.6 is 11.3 Å². The summed E-state index contributed by atoms with van der Waals surface area (Å²) in [5, 5.41) is 13.1. The Morgan fingerprint density at radius 2 is 1.67 bits per heavy atom. The fourth-order valence-electron chi connectivity index (χ4n) is 4.06. The van der Waals surface area contributed by atoms with Gasteiger partial charge in [0.1, 0.15) is 11.5 Å². The van der Waals surface area contributed by atoms with E-state index >= 15 is 0 Å². The van der Waals surface area contributed by atoms with Gasteiger partial charge in [0.2, 0.25) is 0 Å². The summed E-state index contributed by atoms with van der Waals surface area (Å²) >= 11 is 1.49. The van der Waals surface area contributed by atoms with Gasteiger partial charge in [-0.3, -0.25) is 10.1 Å². The number of non-ortho nitro benzene ring substituents is 1. The lowest BCUT2D eigenvalue weighted by Crippen LogP contribution is -2.22. The first-order chi connectivity index (χ1) is 14.6. The highest BCUT2D eigenvalue weighted by molar-refractivity contribution is 7.07. The predicted molar refractivity (Wildman–Crippen MR) is 117 cm³/mol. The standard InChI is InChI=1S/C23H24FN3O2S/c24-20-10-6-7-11-21(20)25-23-26(18-8-4-2-1-3-5-9-18)22(16-30-23)17-12-14-19(15-13-17)27(28)29/h6-7,10-16,18H,1-5,8-9H2. The third-order valence-corrected chi connectivity index (χ3v) is 6.46. The molecule has 30 heavy (non-hydrogen) atoms. The van der Waals surface area contributed by atoms with E-state index in [0.717, 1.165) is 41.7 Å². The molecule has 156 valence electrons. The Balaban J connectivity index is 1.83. The number of nitro benzene ring substituents is 1. The summed E-state index contributed by atoms with van der Waals surface area (Å²) < 4.78 is 16.5. The lowest BCUT2D eigenvalue weighted by atomic mass is 9.96. The van der Waals surface area contributed by atoms with Gasteiger partial charge in [0.15, 0.2) is 4.80 Å². The first-order valence-electron chi connectivity index (χ1n) is 10.4. The van der Waals surface area contributed by atoms with Gasteiger partial charge in [-0.1, -0.05) is 44.2 Å². The summed E-state index contributed by atoms with van der Waals surface area (Å²) in [6.45, 7) is 0. The fraction of sp³-hybridized carbons (Fsp3) is 0.348. The zero-order valence-corrected chi connectivity index (χ0v) is 17.5. The summed E-state index contributed by atoms with van der Waals surface area (Å²) in [4.78, 5) is 16.1. The van der Waals surface area contributed by atoms with Crippen molar-refractivity contribution < 1.29 is 9.31 Å². The van der Waals surface area contributed by atoms with E-state index in [0.29, 0.717) is 5.69 Å². The van der Waals surface area contributed by atoms with Crippen LogP contribution < -0.4 is 4.80 Å². The van der Waals surface area contributed by atoms with Crippen LogP contribution in [0.4, 0.5) is 15.8 Å². The number of thiazole rings is 1. The molecule has 3 aromatic rings. The van der Waals surface area contributed by atoms with E-state index in [1.165, 1.54) is 48.8 Å². The van der Waals surface area contributed by atoms with Crippen LogP contribution in [0.5, 0.6) is 0 Å². The van der Waals surface area contributed by atoms with E-state index in [4.69, 9.17) is 0 Å². The third kappa shape index (κ3) is 4.51. The number of aromatic nitrogens is 1. The van der Waals surface area contributed by atoms with E-state index in [-0.39, 0.29) is 22.5 Å². The van der Waals surface area contributed by atoms with Gasteiger partial charge >= 0.3 is 0 Å². The minimum absolute atomic E-state index is 0.0720. The largest absolute Gasteiger partial charge is 0.313 e. The summed E-state index contributed by atoms with van der Waals surface area (Å²) in [6.07, 6.45) is 8.17. The molecular weight excluding hydrogens is 401 g/mol. The number of para-hydroxylation sites is 1. The smallest absolute Gasteiger partial charge is 0.269 e. The van der Waals surface area contributed by atoms with Crippen LogP contribution in [0.1, 0.15) is 51.0 Å². The van der Waals surface area contributed by atoms with Gasteiger partial charge in [-0.05, 0) is 42.7 Å². The van der Waals surface area contributed by atoms with Crippen molar-refractivity contribution >= 4 is 22.7 Å². The summed E-state index contributed by atoms with van der Waals surface area (Å²) in [6, 6.07) is 13.5. The Hall–Kier alpha value is -2.80. The Bertz CT molecular complexity index is 1080. The molecule has 0 aliphatic heterocycles. The van der Waals surface area contributed by atoms with Gasteiger partial charge in [-0.15, -0.1) is 11.3 Å². The Kier molecular flexibility index (Phi) is 6.38. The molecule has 0 bridgehead atoms. The molecule has 1 aliphatic rings. The third-order valence-electron chi connectivity index (χ3n) is 5.62. The minimum Gasteiger partial charge on any atom is -0.313 e. The lowest BCUT2D eigenvalue weighted by molar-refractivity contribution is -0.384. The number of nitrogens with zero attached hydrogens (tertiary/aromatic N) is 3. The first-order valence-corrected chi connectivity index (χ1v) is 11.3. The average Bonchev–Trinajstić information content (AvgIpc) is 3.13. The summed E-state index contributed by atoms with van der Waals surface area (Å²) in [5.74, 6) is -0.341. The van der Waals surface area contributed by atoms with Crippen molar-refractivity contribution in [1.82, 2.24) is 4.57 Å². The Morgan fingerprint density at radius 3 is 2.33 bits per heavy atom. The molecule has 1 aromatic heterocycles. The Morgan fingerprint density at radius 1 is 1.00 bits per heavy atom. The Labute approximate surface area is 178 Å². The molecule has 1 fully saturated rings. The van der Waals surface area contributed by atoms with Gasteiger partial charge in [-0.25, -0.2) is 9.38 Å². The molecule has 1 aliphatic carbocycles. The van der Waals surface area contributed by atoms with Crippen molar-refractivity contribution in [1.29, 1.82) is 0 Å². The summed E-state index contributed by atoms with van der Waals surface area (Å²) in [5.41, 5.74) is 2.29. The molecule has 1 saturated carbocycles. The molecule has 7 heteroatoms. The highest BCUT2D eigenvalue weighted by atomic mass is 32.1. The molecule has 4 rings (SSSR count). The second-order valence-corrected chi connectivity index (χ2v) is 8.48. The van der Waals surface area contributed by atoms with Crippen LogP contribution in [0.2, 0.25) is 0 Å². The van der Waals surface area contributed by atoms with E-state index in [1.807, 2.05) is 5.38 Å². The first kappa shape index (κ1) is 20.5. The number of rotatable bonds is 4. The van der Waals surface area contributed by atoms with Crippen LogP contribution in [0.3, 0.4) is 0 Å². The number of benzene rings is 2. The molecule has 0 saturated heterocycles. The second kappa shape index (κ2) is 9.34. The maximum Gasteiger partial charge on any atom is 0.269 e. The van der Waals surface area contributed by atoms with Gasteiger partial charge in [0, 0.05) is 23.6 Å². The van der Waals surface area contributed by atoms with Crippen LogP contribution in [0.25, 0.3) is 11.3 Å².